The van der Waals surface area contributed by atoms with E-state index < -0.39 is 0 Å². The van der Waals surface area contributed by atoms with Crippen LogP contribution < -0.4 is 5.73 Å². The van der Waals surface area contributed by atoms with Crippen LogP contribution in [0.3, 0.4) is 0 Å². The molecule has 0 spiro atoms. The van der Waals surface area contributed by atoms with Gasteiger partial charge in [-0.15, -0.1) is 0 Å². The fourth-order valence-corrected chi connectivity index (χ4v) is 2.46. The Balaban J connectivity index is 2.15. The molecule has 15 heavy (non-hydrogen) atoms. The summed E-state index contributed by atoms with van der Waals surface area (Å²) in [5.74, 6) is 1.60. The Morgan fingerprint density at radius 1 is 1.27 bits per heavy atom. The first-order valence-corrected chi connectivity index (χ1v) is 6.53. The zero-order chi connectivity index (χ0) is 11.3. The van der Waals surface area contributed by atoms with E-state index in [1.54, 1.807) is 0 Å². The summed E-state index contributed by atoms with van der Waals surface area (Å²) in [5, 5.41) is 0. The fraction of sp³-hybridized carbons (Fsp3) is 1.00. The number of likely N-dealkylation sites (N-methyl/N-ethyl adjacent to an activating group) is 1. The van der Waals surface area contributed by atoms with Crippen molar-refractivity contribution in [3.63, 3.8) is 0 Å². The van der Waals surface area contributed by atoms with Crippen molar-refractivity contribution in [2.75, 3.05) is 20.1 Å². The highest BCUT2D eigenvalue weighted by Crippen LogP contribution is 2.27. The van der Waals surface area contributed by atoms with Crippen LogP contribution in [0.4, 0.5) is 0 Å². The number of nitrogens with two attached hydrogens (primary N) is 1. The normalized spacial score (nSPS) is 20.4. The van der Waals surface area contributed by atoms with Crippen LogP contribution in [0.25, 0.3) is 0 Å². The number of hydrogen-bond acceptors (Lipinski definition) is 2. The van der Waals surface area contributed by atoms with Crippen LogP contribution in [0.15, 0.2) is 0 Å². The molecule has 1 saturated carbocycles. The Kier molecular flexibility index (Phi) is 5.62. The zero-order valence-electron chi connectivity index (χ0n) is 10.7. The Morgan fingerprint density at radius 2 is 1.87 bits per heavy atom. The van der Waals surface area contributed by atoms with Gasteiger partial charge in [0.25, 0.3) is 0 Å². The summed E-state index contributed by atoms with van der Waals surface area (Å²) in [5.41, 5.74) is 6.24. The molecule has 1 fully saturated rings. The Labute approximate surface area is 95.2 Å². The third kappa shape index (κ3) is 4.98. The maximum Gasteiger partial charge on any atom is 0.0196 e. The standard InChI is InChI=1S/C13H28N2/c1-11(2)8-9-15(3)10-13(14)12-6-4-5-7-12/h11-13H,4-10,14H2,1-3H3. The van der Waals surface area contributed by atoms with Crippen molar-refractivity contribution in [2.24, 2.45) is 17.6 Å². The molecule has 0 aromatic rings. The lowest BCUT2D eigenvalue weighted by Crippen LogP contribution is -2.40. The summed E-state index contributed by atoms with van der Waals surface area (Å²) < 4.78 is 0. The minimum Gasteiger partial charge on any atom is -0.326 e. The molecule has 1 aliphatic carbocycles. The van der Waals surface area contributed by atoms with Gasteiger partial charge in [0.05, 0.1) is 0 Å². The monoisotopic (exact) mass is 212 g/mol. The van der Waals surface area contributed by atoms with Gasteiger partial charge >= 0.3 is 0 Å². The molecular weight excluding hydrogens is 184 g/mol. The smallest absolute Gasteiger partial charge is 0.0196 e. The quantitative estimate of drug-likeness (QED) is 0.733. The summed E-state index contributed by atoms with van der Waals surface area (Å²) in [6, 6.07) is 0.407. The van der Waals surface area contributed by atoms with Crippen molar-refractivity contribution in [3.05, 3.63) is 0 Å². The number of hydrogen-bond donors (Lipinski definition) is 1. The molecule has 1 atom stereocenters. The predicted molar refractivity (Wildman–Crippen MR) is 66.9 cm³/mol. The van der Waals surface area contributed by atoms with Crippen LogP contribution in [0.5, 0.6) is 0 Å². The highest BCUT2D eigenvalue weighted by atomic mass is 15.1. The van der Waals surface area contributed by atoms with E-state index in [9.17, 15) is 0 Å². The van der Waals surface area contributed by atoms with Crippen molar-refractivity contribution in [3.8, 4) is 0 Å². The van der Waals surface area contributed by atoms with Crippen LogP contribution in [-0.4, -0.2) is 31.1 Å². The van der Waals surface area contributed by atoms with E-state index in [0.29, 0.717) is 6.04 Å². The van der Waals surface area contributed by atoms with Crippen LogP contribution in [0.2, 0.25) is 0 Å². The maximum absolute atomic E-state index is 6.24. The second-order valence-corrected chi connectivity index (χ2v) is 5.65. The van der Waals surface area contributed by atoms with E-state index in [4.69, 9.17) is 5.73 Å². The van der Waals surface area contributed by atoms with E-state index in [0.717, 1.165) is 18.4 Å². The molecular formula is C13H28N2. The van der Waals surface area contributed by atoms with Crippen LogP contribution in [-0.2, 0) is 0 Å². The van der Waals surface area contributed by atoms with Gasteiger partial charge in [0.15, 0.2) is 0 Å². The molecule has 0 saturated heterocycles. The number of rotatable bonds is 6. The molecule has 0 radical (unpaired) electrons. The lowest BCUT2D eigenvalue weighted by Gasteiger charge is -2.25. The molecule has 2 N–H and O–H groups in total. The second kappa shape index (κ2) is 6.49. The molecule has 0 aromatic heterocycles. The molecule has 2 nitrogen and oxygen atoms in total. The molecule has 0 bridgehead atoms. The minimum atomic E-state index is 0.407. The van der Waals surface area contributed by atoms with Gasteiger partial charge in [-0.3, -0.25) is 0 Å². The minimum absolute atomic E-state index is 0.407. The number of nitrogens with zero attached hydrogens (tertiary/aromatic N) is 1. The van der Waals surface area contributed by atoms with Gasteiger partial charge in [-0.2, -0.15) is 0 Å². The summed E-state index contributed by atoms with van der Waals surface area (Å²) in [6.45, 7) is 6.84. The highest BCUT2D eigenvalue weighted by Gasteiger charge is 2.22. The first kappa shape index (κ1) is 13.0. The van der Waals surface area contributed by atoms with Gasteiger partial charge in [0, 0.05) is 12.6 Å². The van der Waals surface area contributed by atoms with Gasteiger partial charge in [-0.05, 0) is 44.7 Å². The average Bonchev–Trinajstić information content (AvgIpc) is 2.67. The van der Waals surface area contributed by atoms with Gasteiger partial charge in [0.2, 0.25) is 0 Å². The van der Waals surface area contributed by atoms with Gasteiger partial charge in [-0.1, -0.05) is 26.7 Å². The Morgan fingerprint density at radius 3 is 2.40 bits per heavy atom. The van der Waals surface area contributed by atoms with E-state index in [2.05, 4.69) is 25.8 Å². The van der Waals surface area contributed by atoms with Crippen molar-refractivity contribution in [2.45, 2.75) is 52.0 Å². The predicted octanol–water partition coefficient (Wildman–Crippen LogP) is 2.48. The third-order valence-electron chi connectivity index (χ3n) is 3.62. The van der Waals surface area contributed by atoms with Crippen LogP contribution in [0.1, 0.15) is 46.0 Å². The topological polar surface area (TPSA) is 29.3 Å². The molecule has 1 aliphatic rings. The lowest BCUT2D eigenvalue weighted by atomic mass is 9.98. The van der Waals surface area contributed by atoms with E-state index in [1.165, 1.54) is 38.6 Å². The molecule has 0 aliphatic heterocycles. The fourth-order valence-electron chi connectivity index (χ4n) is 2.46. The molecule has 2 heteroatoms. The second-order valence-electron chi connectivity index (χ2n) is 5.65. The van der Waals surface area contributed by atoms with Crippen molar-refractivity contribution in [1.82, 2.24) is 4.90 Å². The molecule has 1 unspecified atom stereocenters. The molecule has 0 amide bonds. The molecule has 1 rings (SSSR count). The van der Waals surface area contributed by atoms with Crippen LogP contribution in [0, 0.1) is 11.8 Å². The average molecular weight is 212 g/mol. The Bertz CT molecular complexity index is 162. The first-order chi connectivity index (χ1) is 7.09. The van der Waals surface area contributed by atoms with Gasteiger partial charge in [-0.25, -0.2) is 0 Å². The van der Waals surface area contributed by atoms with Crippen molar-refractivity contribution < 1.29 is 0 Å². The third-order valence-corrected chi connectivity index (χ3v) is 3.62. The zero-order valence-corrected chi connectivity index (χ0v) is 10.7. The largest absolute Gasteiger partial charge is 0.326 e. The molecule has 0 heterocycles. The molecule has 0 aromatic carbocycles. The van der Waals surface area contributed by atoms with E-state index >= 15 is 0 Å². The van der Waals surface area contributed by atoms with Gasteiger partial charge < -0.3 is 10.6 Å². The molecule has 90 valence electrons. The van der Waals surface area contributed by atoms with E-state index in [1.807, 2.05) is 0 Å². The maximum atomic E-state index is 6.24. The van der Waals surface area contributed by atoms with E-state index in [-0.39, 0.29) is 0 Å². The summed E-state index contributed by atoms with van der Waals surface area (Å²) in [7, 11) is 2.21. The van der Waals surface area contributed by atoms with Crippen molar-refractivity contribution >= 4 is 0 Å². The Hall–Kier alpha value is -0.0800. The van der Waals surface area contributed by atoms with Crippen LogP contribution >= 0.6 is 0 Å². The summed E-state index contributed by atoms with van der Waals surface area (Å²) >= 11 is 0. The SMILES string of the molecule is CC(C)CCN(C)CC(N)C1CCCC1. The lowest BCUT2D eigenvalue weighted by molar-refractivity contribution is 0.258. The van der Waals surface area contributed by atoms with Gasteiger partial charge in [0.1, 0.15) is 0 Å². The summed E-state index contributed by atoms with van der Waals surface area (Å²) in [6.07, 6.45) is 6.80. The van der Waals surface area contributed by atoms with Crippen molar-refractivity contribution in [1.29, 1.82) is 0 Å². The highest BCUT2D eigenvalue weighted by molar-refractivity contribution is 4.79. The summed E-state index contributed by atoms with van der Waals surface area (Å²) in [4.78, 5) is 2.41. The first-order valence-electron chi connectivity index (χ1n) is 6.53.